The molecule has 0 aromatic rings. The van der Waals surface area contributed by atoms with Crippen LogP contribution < -0.4 is 5.32 Å². The van der Waals surface area contributed by atoms with Crippen LogP contribution in [0.1, 0.15) is 19.8 Å². The van der Waals surface area contributed by atoms with Gasteiger partial charge in [-0.2, -0.15) is 0 Å². The van der Waals surface area contributed by atoms with Crippen molar-refractivity contribution in [3.05, 3.63) is 0 Å². The van der Waals surface area contributed by atoms with E-state index in [9.17, 15) is 0 Å². The molecule has 92 valence electrons. The van der Waals surface area contributed by atoms with E-state index in [0.717, 1.165) is 32.5 Å². The number of hydrogen-bond donors (Lipinski definition) is 2. The summed E-state index contributed by atoms with van der Waals surface area (Å²) >= 11 is 0. The van der Waals surface area contributed by atoms with Crippen molar-refractivity contribution in [2.24, 2.45) is 5.92 Å². The fourth-order valence-corrected chi connectivity index (χ4v) is 1.18. The van der Waals surface area contributed by atoms with Crippen LogP contribution in [0.3, 0.4) is 0 Å². The Bertz CT molecular complexity index is 122. The summed E-state index contributed by atoms with van der Waals surface area (Å²) in [5.41, 5.74) is 0. The average molecular weight is 219 g/mol. The Hall–Kier alpha value is -0.160. The molecule has 0 amide bonds. The van der Waals surface area contributed by atoms with Gasteiger partial charge in [-0.1, -0.05) is 6.92 Å². The van der Waals surface area contributed by atoms with Crippen LogP contribution >= 0.6 is 0 Å². The number of nitrogens with one attached hydrogen (secondary N) is 1. The normalized spacial score (nSPS) is 13.0. The molecule has 0 rings (SSSR count). The topological polar surface area (TPSA) is 50.7 Å². The highest BCUT2D eigenvalue weighted by molar-refractivity contribution is 4.53. The van der Waals surface area contributed by atoms with E-state index in [1.54, 1.807) is 7.11 Å². The van der Waals surface area contributed by atoms with Gasteiger partial charge in [-0.25, -0.2) is 0 Å². The van der Waals surface area contributed by atoms with Gasteiger partial charge in [0.2, 0.25) is 0 Å². The van der Waals surface area contributed by atoms with Gasteiger partial charge in [-0.05, 0) is 25.3 Å². The molecule has 0 aromatic carbocycles. The van der Waals surface area contributed by atoms with E-state index in [1.807, 2.05) is 0 Å². The summed E-state index contributed by atoms with van der Waals surface area (Å²) in [4.78, 5) is 0. The van der Waals surface area contributed by atoms with Gasteiger partial charge in [0.05, 0.1) is 19.8 Å². The van der Waals surface area contributed by atoms with Gasteiger partial charge < -0.3 is 19.9 Å². The molecule has 1 atom stereocenters. The zero-order valence-electron chi connectivity index (χ0n) is 10.00. The quantitative estimate of drug-likeness (QED) is 0.501. The number of methoxy groups -OCH3 is 1. The number of aliphatic hydroxyl groups excluding tert-OH is 1. The summed E-state index contributed by atoms with van der Waals surface area (Å²) < 4.78 is 10.2. The largest absolute Gasteiger partial charge is 0.396 e. The SMILES string of the molecule is COCCOCCNCCCC(C)CO. The van der Waals surface area contributed by atoms with Crippen molar-refractivity contribution in [1.82, 2.24) is 5.32 Å². The van der Waals surface area contributed by atoms with Crippen molar-refractivity contribution in [1.29, 1.82) is 0 Å². The van der Waals surface area contributed by atoms with Crippen LogP contribution in [0.4, 0.5) is 0 Å². The monoisotopic (exact) mass is 219 g/mol. The van der Waals surface area contributed by atoms with Crippen LogP contribution in [0.25, 0.3) is 0 Å². The van der Waals surface area contributed by atoms with E-state index in [1.165, 1.54) is 0 Å². The smallest absolute Gasteiger partial charge is 0.0700 e. The van der Waals surface area contributed by atoms with Crippen LogP contribution in [0.5, 0.6) is 0 Å². The standard InChI is InChI=1S/C11H25NO3/c1-11(10-13)4-3-5-12-6-7-15-9-8-14-2/h11-13H,3-10H2,1-2H3. The van der Waals surface area contributed by atoms with Crippen molar-refractivity contribution < 1.29 is 14.6 Å². The van der Waals surface area contributed by atoms with E-state index in [-0.39, 0.29) is 0 Å². The first-order valence-corrected chi connectivity index (χ1v) is 5.69. The molecule has 0 aromatic heterocycles. The molecule has 2 N–H and O–H groups in total. The maximum absolute atomic E-state index is 8.81. The van der Waals surface area contributed by atoms with Crippen molar-refractivity contribution in [3.63, 3.8) is 0 Å². The number of ether oxygens (including phenoxy) is 2. The second-order valence-electron chi connectivity index (χ2n) is 3.79. The molecule has 0 saturated heterocycles. The van der Waals surface area contributed by atoms with Gasteiger partial charge in [0.1, 0.15) is 0 Å². The molecule has 0 spiro atoms. The Morgan fingerprint density at radius 2 is 2.00 bits per heavy atom. The number of aliphatic hydroxyl groups is 1. The molecule has 1 unspecified atom stereocenters. The molecule has 0 saturated carbocycles. The molecule has 0 fully saturated rings. The van der Waals surface area contributed by atoms with Crippen LogP contribution in [-0.2, 0) is 9.47 Å². The molecule has 0 aliphatic heterocycles. The number of rotatable bonds is 11. The third-order valence-corrected chi connectivity index (χ3v) is 2.22. The third-order valence-electron chi connectivity index (χ3n) is 2.22. The second-order valence-corrected chi connectivity index (χ2v) is 3.79. The van der Waals surface area contributed by atoms with Crippen molar-refractivity contribution in [2.75, 3.05) is 46.6 Å². The first kappa shape index (κ1) is 14.8. The van der Waals surface area contributed by atoms with Crippen molar-refractivity contribution in [2.45, 2.75) is 19.8 Å². The van der Waals surface area contributed by atoms with Gasteiger partial charge in [0.15, 0.2) is 0 Å². The fraction of sp³-hybridized carbons (Fsp3) is 1.00. The average Bonchev–Trinajstić information content (AvgIpc) is 2.26. The molecule has 0 radical (unpaired) electrons. The molecule has 0 aliphatic carbocycles. The molecule has 0 aliphatic rings. The minimum absolute atomic E-state index is 0.292. The second kappa shape index (κ2) is 11.9. The highest BCUT2D eigenvalue weighted by Gasteiger charge is 1.98. The molecular weight excluding hydrogens is 194 g/mol. The first-order chi connectivity index (χ1) is 7.31. The highest BCUT2D eigenvalue weighted by Crippen LogP contribution is 2.02. The zero-order valence-corrected chi connectivity index (χ0v) is 10.00. The molecule has 0 bridgehead atoms. The van der Waals surface area contributed by atoms with Crippen LogP contribution in [0.15, 0.2) is 0 Å². The Morgan fingerprint density at radius 3 is 2.67 bits per heavy atom. The fourth-order valence-electron chi connectivity index (χ4n) is 1.18. The minimum Gasteiger partial charge on any atom is -0.396 e. The summed E-state index contributed by atoms with van der Waals surface area (Å²) in [6, 6.07) is 0. The third kappa shape index (κ3) is 11.8. The van der Waals surface area contributed by atoms with Gasteiger partial charge in [-0.15, -0.1) is 0 Å². The Morgan fingerprint density at radius 1 is 1.20 bits per heavy atom. The summed E-state index contributed by atoms with van der Waals surface area (Å²) in [6.07, 6.45) is 2.19. The number of hydrogen-bond acceptors (Lipinski definition) is 4. The predicted molar refractivity (Wildman–Crippen MR) is 61.0 cm³/mol. The Labute approximate surface area is 93.0 Å². The van der Waals surface area contributed by atoms with Gasteiger partial charge in [-0.3, -0.25) is 0 Å². The lowest BCUT2D eigenvalue weighted by atomic mass is 10.1. The zero-order chi connectivity index (χ0) is 11.4. The van der Waals surface area contributed by atoms with E-state index in [2.05, 4.69) is 12.2 Å². The van der Waals surface area contributed by atoms with Crippen LogP contribution in [0.2, 0.25) is 0 Å². The van der Waals surface area contributed by atoms with E-state index in [4.69, 9.17) is 14.6 Å². The lowest BCUT2D eigenvalue weighted by Crippen LogP contribution is -2.22. The van der Waals surface area contributed by atoms with Crippen molar-refractivity contribution in [3.8, 4) is 0 Å². The lowest BCUT2D eigenvalue weighted by molar-refractivity contribution is 0.0720. The Kier molecular flexibility index (Phi) is 11.8. The molecular formula is C11H25NO3. The highest BCUT2D eigenvalue weighted by atomic mass is 16.5. The summed E-state index contributed by atoms with van der Waals surface area (Å²) in [5.74, 6) is 0.421. The molecule has 4 nitrogen and oxygen atoms in total. The predicted octanol–water partition coefficient (Wildman–Crippen LogP) is 0.648. The van der Waals surface area contributed by atoms with Crippen molar-refractivity contribution >= 4 is 0 Å². The minimum atomic E-state index is 0.292. The maximum Gasteiger partial charge on any atom is 0.0700 e. The molecule has 15 heavy (non-hydrogen) atoms. The van der Waals surface area contributed by atoms with Gasteiger partial charge in [0.25, 0.3) is 0 Å². The summed E-state index contributed by atoms with van der Waals surface area (Å²) in [7, 11) is 1.67. The first-order valence-electron chi connectivity index (χ1n) is 5.69. The van der Waals surface area contributed by atoms with Crippen LogP contribution in [-0.4, -0.2) is 51.7 Å². The van der Waals surface area contributed by atoms with E-state index < -0.39 is 0 Å². The summed E-state index contributed by atoms with van der Waals surface area (Å²) in [5, 5.41) is 12.1. The lowest BCUT2D eigenvalue weighted by Gasteiger charge is -2.08. The molecule has 0 heterocycles. The summed E-state index contributed by atoms with van der Waals surface area (Å²) in [6.45, 7) is 6.30. The van der Waals surface area contributed by atoms with Gasteiger partial charge >= 0.3 is 0 Å². The van der Waals surface area contributed by atoms with Gasteiger partial charge in [0, 0.05) is 20.3 Å². The maximum atomic E-state index is 8.81. The van der Waals surface area contributed by atoms with E-state index in [0.29, 0.717) is 25.7 Å². The van der Waals surface area contributed by atoms with E-state index >= 15 is 0 Å². The van der Waals surface area contributed by atoms with Crippen LogP contribution in [0, 0.1) is 5.92 Å². The molecule has 4 heteroatoms. The Balaban J connectivity index is 2.92.